The van der Waals surface area contributed by atoms with E-state index in [1.807, 2.05) is 29.3 Å². The lowest BCUT2D eigenvalue weighted by Crippen LogP contribution is -2.40. The molecule has 5 heteroatoms. The zero-order valence-corrected chi connectivity index (χ0v) is 13.9. The number of fused-ring (bicyclic) bond motifs is 1. The molecule has 1 fully saturated rings. The highest BCUT2D eigenvalue weighted by Gasteiger charge is 2.21. The fraction of sp³-hybridized carbons (Fsp3) is 0.500. The SMILES string of the molecule is COCCn1cc(NC(=O)N2CCC(C)CC2)c2ccccc21. The van der Waals surface area contributed by atoms with Crippen molar-refractivity contribution >= 4 is 22.6 Å². The molecule has 0 aliphatic carbocycles. The Kier molecular flexibility index (Phi) is 4.86. The third-order valence-corrected chi connectivity index (χ3v) is 4.64. The molecule has 1 saturated heterocycles. The van der Waals surface area contributed by atoms with Gasteiger partial charge in [0, 0.05) is 38.3 Å². The summed E-state index contributed by atoms with van der Waals surface area (Å²) in [5.41, 5.74) is 1.99. The maximum absolute atomic E-state index is 12.5. The van der Waals surface area contributed by atoms with Crippen molar-refractivity contribution in [1.82, 2.24) is 9.47 Å². The molecule has 0 spiro atoms. The van der Waals surface area contributed by atoms with Crippen molar-refractivity contribution in [1.29, 1.82) is 0 Å². The number of aromatic nitrogens is 1. The number of para-hydroxylation sites is 1. The topological polar surface area (TPSA) is 46.5 Å². The number of methoxy groups -OCH3 is 1. The van der Waals surface area contributed by atoms with E-state index < -0.39 is 0 Å². The summed E-state index contributed by atoms with van der Waals surface area (Å²) in [5, 5.41) is 4.16. The second-order valence-corrected chi connectivity index (χ2v) is 6.35. The van der Waals surface area contributed by atoms with E-state index in [1.165, 1.54) is 0 Å². The van der Waals surface area contributed by atoms with Crippen LogP contribution < -0.4 is 5.32 Å². The number of hydrogen-bond donors (Lipinski definition) is 1. The average Bonchev–Trinajstić information content (AvgIpc) is 2.91. The smallest absolute Gasteiger partial charge is 0.321 e. The molecule has 0 unspecified atom stereocenters. The second kappa shape index (κ2) is 7.04. The fourth-order valence-electron chi connectivity index (χ4n) is 3.13. The van der Waals surface area contributed by atoms with Gasteiger partial charge in [0.15, 0.2) is 0 Å². The molecular formula is C18H25N3O2. The highest BCUT2D eigenvalue weighted by molar-refractivity contribution is 6.01. The van der Waals surface area contributed by atoms with E-state index in [0.29, 0.717) is 6.61 Å². The molecule has 5 nitrogen and oxygen atoms in total. The van der Waals surface area contributed by atoms with Crippen LogP contribution >= 0.6 is 0 Å². The van der Waals surface area contributed by atoms with E-state index in [2.05, 4.69) is 22.9 Å². The molecule has 3 rings (SSSR count). The van der Waals surface area contributed by atoms with Crippen molar-refractivity contribution in [2.75, 3.05) is 32.1 Å². The maximum atomic E-state index is 12.5. The largest absolute Gasteiger partial charge is 0.383 e. The molecule has 2 aromatic rings. The van der Waals surface area contributed by atoms with Crippen molar-refractivity contribution in [2.24, 2.45) is 5.92 Å². The lowest BCUT2D eigenvalue weighted by atomic mass is 10.00. The van der Waals surface area contributed by atoms with Gasteiger partial charge in [0.25, 0.3) is 0 Å². The van der Waals surface area contributed by atoms with Gasteiger partial charge in [-0.3, -0.25) is 0 Å². The van der Waals surface area contributed by atoms with Gasteiger partial charge in [-0.1, -0.05) is 25.1 Å². The van der Waals surface area contributed by atoms with Gasteiger partial charge in [-0.25, -0.2) is 4.79 Å². The Balaban J connectivity index is 1.78. The summed E-state index contributed by atoms with van der Waals surface area (Å²) in [6.07, 6.45) is 4.18. The molecule has 2 heterocycles. The molecule has 0 atom stereocenters. The maximum Gasteiger partial charge on any atom is 0.321 e. The number of benzene rings is 1. The molecule has 1 aliphatic heterocycles. The van der Waals surface area contributed by atoms with Gasteiger partial charge in [-0.15, -0.1) is 0 Å². The number of rotatable bonds is 4. The summed E-state index contributed by atoms with van der Waals surface area (Å²) < 4.78 is 7.31. The van der Waals surface area contributed by atoms with E-state index >= 15 is 0 Å². The van der Waals surface area contributed by atoms with Crippen LogP contribution in [0.15, 0.2) is 30.5 Å². The van der Waals surface area contributed by atoms with E-state index in [0.717, 1.165) is 55.0 Å². The molecule has 23 heavy (non-hydrogen) atoms. The van der Waals surface area contributed by atoms with Crippen molar-refractivity contribution in [3.05, 3.63) is 30.5 Å². The quantitative estimate of drug-likeness (QED) is 0.938. The summed E-state index contributed by atoms with van der Waals surface area (Å²) >= 11 is 0. The number of carbonyl (C=O) groups excluding carboxylic acids is 1. The normalized spacial score (nSPS) is 16.0. The predicted octanol–water partition coefficient (Wildman–Crippen LogP) is 3.55. The number of anilines is 1. The van der Waals surface area contributed by atoms with Gasteiger partial charge in [0.05, 0.1) is 17.8 Å². The number of hydrogen-bond acceptors (Lipinski definition) is 2. The van der Waals surface area contributed by atoms with Gasteiger partial charge in [0.2, 0.25) is 0 Å². The number of likely N-dealkylation sites (tertiary alicyclic amines) is 1. The molecule has 2 amide bonds. The van der Waals surface area contributed by atoms with Crippen molar-refractivity contribution in [2.45, 2.75) is 26.3 Å². The van der Waals surface area contributed by atoms with Gasteiger partial charge >= 0.3 is 6.03 Å². The number of piperidine rings is 1. The first-order valence-electron chi connectivity index (χ1n) is 8.32. The Morgan fingerprint density at radius 3 is 2.78 bits per heavy atom. The lowest BCUT2D eigenvalue weighted by Gasteiger charge is -2.30. The van der Waals surface area contributed by atoms with Crippen LogP contribution in [-0.4, -0.2) is 42.3 Å². The second-order valence-electron chi connectivity index (χ2n) is 6.35. The number of nitrogens with one attached hydrogen (secondary N) is 1. The van der Waals surface area contributed by atoms with Crippen LogP contribution in [0.5, 0.6) is 0 Å². The van der Waals surface area contributed by atoms with Gasteiger partial charge < -0.3 is 19.5 Å². The highest BCUT2D eigenvalue weighted by atomic mass is 16.5. The first kappa shape index (κ1) is 15.9. The third kappa shape index (κ3) is 3.50. The Labute approximate surface area is 137 Å². The summed E-state index contributed by atoms with van der Waals surface area (Å²) in [7, 11) is 1.70. The van der Waals surface area contributed by atoms with Crippen LogP contribution in [0.2, 0.25) is 0 Å². The minimum Gasteiger partial charge on any atom is -0.383 e. The number of nitrogens with zero attached hydrogens (tertiary/aromatic N) is 2. The Bertz CT molecular complexity index is 672. The number of urea groups is 1. The first-order valence-corrected chi connectivity index (χ1v) is 8.32. The molecule has 1 aromatic carbocycles. The highest BCUT2D eigenvalue weighted by Crippen LogP contribution is 2.26. The summed E-state index contributed by atoms with van der Waals surface area (Å²) in [6, 6.07) is 8.15. The molecule has 1 N–H and O–H groups in total. The van der Waals surface area contributed by atoms with Crippen molar-refractivity contribution in [3.63, 3.8) is 0 Å². The zero-order chi connectivity index (χ0) is 16.2. The molecular weight excluding hydrogens is 290 g/mol. The van der Waals surface area contributed by atoms with Crippen LogP contribution in [-0.2, 0) is 11.3 Å². The van der Waals surface area contributed by atoms with Gasteiger partial charge in [-0.2, -0.15) is 0 Å². The standard InChI is InChI=1S/C18H25N3O2/c1-14-7-9-20(10-8-14)18(22)19-16-13-21(11-12-23-2)17-6-4-3-5-15(16)17/h3-6,13-14H,7-12H2,1-2H3,(H,19,22). The summed E-state index contributed by atoms with van der Waals surface area (Å²) in [4.78, 5) is 14.4. The van der Waals surface area contributed by atoms with E-state index in [4.69, 9.17) is 4.74 Å². The van der Waals surface area contributed by atoms with Crippen LogP contribution in [0.1, 0.15) is 19.8 Å². The summed E-state index contributed by atoms with van der Waals surface area (Å²) in [6.45, 7) is 5.35. The van der Waals surface area contributed by atoms with Crippen molar-refractivity contribution in [3.8, 4) is 0 Å². The molecule has 1 aromatic heterocycles. The third-order valence-electron chi connectivity index (χ3n) is 4.64. The Morgan fingerprint density at radius 1 is 1.30 bits per heavy atom. The Hall–Kier alpha value is -2.01. The summed E-state index contributed by atoms with van der Waals surface area (Å²) in [5.74, 6) is 0.718. The zero-order valence-electron chi connectivity index (χ0n) is 13.9. The minimum atomic E-state index is 0.00606. The molecule has 0 bridgehead atoms. The van der Waals surface area contributed by atoms with E-state index in [-0.39, 0.29) is 6.03 Å². The van der Waals surface area contributed by atoms with Crippen LogP contribution in [0.3, 0.4) is 0 Å². The van der Waals surface area contributed by atoms with Gasteiger partial charge in [-0.05, 0) is 24.8 Å². The van der Waals surface area contributed by atoms with Crippen LogP contribution in [0.4, 0.5) is 10.5 Å². The minimum absolute atomic E-state index is 0.00606. The van der Waals surface area contributed by atoms with Crippen LogP contribution in [0.25, 0.3) is 10.9 Å². The number of amides is 2. The Morgan fingerprint density at radius 2 is 2.04 bits per heavy atom. The average molecular weight is 315 g/mol. The fourth-order valence-corrected chi connectivity index (χ4v) is 3.13. The molecule has 1 aliphatic rings. The van der Waals surface area contributed by atoms with E-state index in [9.17, 15) is 4.79 Å². The first-order chi connectivity index (χ1) is 11.2. The number of ether oxygens (including phenoxy) is 1. The monoisotopic (exact) mass is 315 g/mol. The van der Waals surface area contributed by atoms with Crippen LogP contribution in [0, 0.1) is 5.92 Å². The molecule has 0 radical (unpaired) electrons. The van der Waals surface area contributed by atoms with E-state index in [1.54, 1.807) is 7.11 Å². The van der Waals surface area contributed by atoms with Crippen molar-refractivity contribution < 1.29 is 9.53 Å². The number of carbonyl (C=O) groups is 1. The molecule has 124 valence electrons. The lowest BCUT2D eigenvalue weighted by molar-refractivity contribution is 0.186. The van der Waals surface area contributed by atoms with Gasteiger partial charge in [0.1, 0.15) is 0 Å². The molecule has 0 saturated carbocycles. The predicted molar refractivity (Wildman–Crippen MR) is 92.8 cm³/mol.